The van der Waals surface area contributed by atoms with Crippen LogP contribution in [0.15, 0.2) is 18.3 Å². The molecule has 1 fully saturated rings. The van der Waals surface area contributed by atoms with Crippen molar-refractivity contribution in [2.75, 3.05) is 23.3 Å². The zero-order valence-corrected chi connectivity index (χ0v) is 11.9. The minimum absolute atomic E-state index is 0.0579. The topological polar surface area (TPSA) is 45.2 Å². The Morgan fingerprint density at radius 2 is 2.05 bits per heavy atom. The number of carbonyl (C=O) groups is 1. The van der Waals surface area contributed by atoms with Crippen LogP contribution in [0.5, 0.6) is 0 Å². The zero-order chi connectivity index (χ0) is 13.7. The number of aromatic nitrogens is 1. The molecule has 0 unspecified atom stereocenters. The van der Waals surface area contributed by atoms with Crippen LogP contribution in [0.4, 0.5) is 11.5 Å². The second-order valence-corrected chi connectivity index (χ2v) is 5.60. The van der Waals surface area contributed by atoms with Crippen LogP contribution in [0.25, 0.3) is 0 Å². The van der Waals surface area contributed by atoms with Gasteiger partial charge in [0.05, 0.1) is 11.9 Å². The molecule has 2 rings (SSSR count). The number of rotatable bonds is 4. The quantitative estimate of drug-likeness (QED) is 0.906. The Kier molecular flexibility index (Phi) is 4.77. The summed E-state index contributed by atoms with van der Waals surface area (Å²) in [6, 6.07) is 3.94. The standard InChI is InChI=1S/C15H23N3O/c1-12(2)10-15(19)17-13-6-7-14(16-11-13)18-8-4-3-5-9-18/h6-7,11-12H,3-5,8-10H2,1-2H3,(H,17,19). The summed E-state index contributed by atoms with van der Waals surface area (Å²) in [6.07, 6.45) is 6.11. The van der Waals surface area contributed by atoms with E-state index in [1.807, 2.05) is 26.0 Å². The van der Waals surface area contributed by atoms with Crippen LogP contribution < -0.4 is 10.2 Å². The summed E-state index contributed by atoms with van der Waals surface area (Å²) in [4.78, 5) is 18.4. The van der Waals surface area contributed by atoms with Crippen LogP contribution in [0.1, 0.15) is 39.5 Å². The number of anilines is 2. The molecule has 104 valence electrons. The van der Waals surface area contributed by atoms with E-state index >= 15 is 0 Å². The first kappa shape index (κ1) is 13.8. The molecule has 0 radical (unpaired) electrons. The SMILES string of the molecule is CC(C)CC(=O)Nc1ccc(N2CCCCC2)nc1. The summed E-state index contributed by atoms with van der Waals surface area (Å²) < 4.78 is 0. The molecular formula is C15H23N3O. The van der Waals surface area contributed by atoms with Gasteiger partial charge in [-0.1, -0.05) is 13.8 Å². The number of nitrogens with one attached hydrogen (secondary N) is 1. The molecule has 1 saturated heterocycles. The summed E-state index contributed by atoms with van der Waals surface area (Å²) in [5, 5.41) is 2.88. The van der Waals surface area contributed by atoms with Gasteiger partial charge in [-0.2, -0.15) is 0 Å². The van der Waals surface area contributed by atoms with Gasteiger partial charge in [0.1, 0.15) is 5.82 Å². The fourth-order valence-corrected chi connectivity index (χ4v) is 2.35. The maximum absolute atomic E-state index is 11.7. The van der Waals surface area contributed by atoms with Crippen molar-refractivity contribution in [2.24, 2.45) is 5.92 Å². The number of hydrogen-bond donors (Lipinski definition) is 1. The van der Waals surface area contributed by atoms with Crippen molar-refractivity contribution in [2.45, 2.75) is 39.5 Å². The molecule has 0 spiro atoms. The van der Waals surface area contributed by atoms with Crippen molar-refractivity contribution in [3.8, 4) is 0 Å². The van der Waals surface area contributed by atoms with Gasteiger partial charge in [0.2, 0.25) is 5.91 Å². The molecule has 0 aliphatic carbocycles. The van der Waals surface area contributed by atoms with Gasteiger partial charge >= 0.3 is 0 Å². The molecule has 1 aliphatic heterocycles. The normalized spacial score (nSPS) is 15.6. The Morgan fingerprint density at radius 1 is 1.32 bits per heavy atom. The molecule has 1 aromatic heterocycles. The van der Waals surface area contributed by atoms with E-state index in [9.17, 15) is 4.79 Å². The van der Waals surface area contributed by atoms with Gasteiger partial charge in [0.15, 0.2) is 0 Å². The molecule has 1 aliphatic rings. The highest BCUT2D eigenvalue weighted by Crippen LogP contribution is 2.19. The summed E-state index contributed by atoms with van der Waals surface area (Å²) in [5.74, 6) is 1.45. The van der Waals surface area contributed by atoms with Crippen LogP contribution in [-0.4, -0.2) is 24.0 Å². The monoisotopic (exact) mass is 261 g/mol. The molecule has 4 heteroatoms. The number of amides is 1. The molecule has 0 atom stereocenters. The second kappa shape index (κ2) is 6.55. The largest absolute Gasteiger partial charge is 0.357 e. The minimum atomic E-state index is 0.0579. The first-order chi connectivity index (χ1) is 9.15. The highest BCUT2D eigenvalue weighted by atomic mass is 16.1. The van der Waals surface area contributed by atoms with Gasteiger partial charge in [-0.05, 0) is 37.3 Å². The van der Waals surface area contributed by atoms with Gasteiger partial charge in [-0.3, -0.25) is 4.79 Å². The molecule has 0 aromatic carbocycles. The van der Waals surface area contributed by atoms with Gasteiger partial charge in [0.25, 0.3) is 0 Å². The fraction of sp³-hybridized carbons (Fsp3) is 0.600. The average Bonchev–Trinajstić information content (AvgIpc) is 2.39. The van der Waals surface area contributed by atoms with Crippen molar-refractivity contribution in [3.63, 3.8) is 0 Å². The van der Waals surface area contributed by atoms with E-state index < -0.39 is 0 Å². The van der Waals surface area contributed by atoms with Crippen LogP contribution in [0, 0.1) is 5.92 Å². The third kappa shape index (κ3) is 4.23. The lowest BCUT2D eigenvalue weighted by Gasteiger charge is -2.27. The lowest BCUT2D eigenvalue weighted by molar-refractivity contribution is -0.116. The molecular weight excluding hydrogens is 238 g/mol. The number of pyridine rings is 1. The molecule has 19 heavy (non-hydrogen) atoms. The third-order valence-corrected chi connectivity index (χ3v) is 3.31. The van der Waals surface area contributed by atoms with E-state index in [0.29, 0.717) is 12.3 Å². The maximum atomic E-state index is 11.7. The van der Waals surface area contributed by atoms with Crippen LogP contribution in [0.3, 0.4) is 0 Å². The Hall–Kier alpha value is -1.58. The van der Waals surface area contributed by atoms with Crippen LogP contribution in [-0.2, 0) is 4.79 Å². The Balaban J connectivity index is 1.92. The lowest BCUT2D eigenvalue weighted by Crippen LogP contribution is -2.30. The van der Waals surface area contributed by atoms with E-state index in [4.69, 9.17) is 0 Å². The molecule has 2 heterocycles. The minimum Gasteiger partial charge on any atom is -0.357 e. The van der Waals surface area contributed by atoms with Gasteiger partial charge in [0, 0.05) is 19.5 Å². The summed E-state index contributed by atoms with van der Waals surface area (Å²) in [5.41, 5.74) is 0.784. The molecule has 1 N–H and O–H groups in total. The van der Waals surface area contributed by atoms with Crippen molar-refractivity contribution < 1.29 is 4.79 Å². The number of piperidine rings is 1. The Labute approximate surface area is 115 Å². The highest BCUT2D eigenvalue weighted by Gasteiger charge is 2.12. The highest BCUT2D eigenvalue weighted by molar-refractivity contribution is 5.90. The number of nitrogens with zero attached hydrogens (tertiary/aromatic N) is 2. The fourth-order valence-electron chi connectivity index (χ4n) is 2.35. The second-order valence-electron chi connectivity index (χ2n) is 5.60. The summed E-state index contributed by atoms with van der Waals surface area (Å²) in [7, 11) is 0. The average molecular weight is 261 g/mol. The van der Waals surface area contributed by atoms with Gasteiger partial charge in [-0.25, -0.2) is 4.98 Å². The van der Waals surface area contributed by atoms with Crippen LogP contribution in [0.2, 0.25) is 0 Å². The number of carbonyl (C=O) groups excluding carboxylic acids is 1. The third-order valence-electron chi connectivity index (χ3n) is 3.31. The van der Waals surface area contributed by atoms with E-state index in [1.54, 1.807) is 6.20 Å². The first-order valence-electron chi connectivity index (χ1n) is 7.16. The molecule has 0 bridgehead atoms. The Morgan fingerprint density at radius 3 is 2.63 bits per heavy atom. The molecule has 1 amide bonds. The first-order valence-corrected chi connectivity index (χ1v) is 7.16. The van der Waals surface area contributed by atoms with Crippen molar-refractivity contribution >= 4 is 17.4 Å². The van der Waals surface area contributed by atoms with E-state index in [2.05, 4.69) is 15.2 Å². The summed E-state index contributed by atoms with van der Waals surface area (Å²) in [6.45, 7) is 6.26. The lowest BCUT2D eigenvalue weighted by atomic mass is 10.1. The predicted molar refractivity (Wildman–Crippen MR) is 78.4 cm³/mol. The van der Waals surface area contributed by atoms with Crippen molar-refractivity contribution in [3.05, 3.63) is 18.3 Å². The zero-order valence-electron chi connectivity index (χ0n) is 11.9. The molecule has 4 nitrogen and oxygen atoms in total. The van der Waals surface area contributed by atoms with Crippen molar-refractivity contribution in [1.29, 1.82) is 0 Å². The van der Waals surface area contributed by atoms with E-state index in [0.717, 1.165) is 24.6 Å². The maximum Gasteiger partial charge on any atom is 0.224 e. The Bertz CT molecular complexity index is 408. The van der Waals surface area contributed by atoms with Gasteiger partial charge in [-0.15, -0.1) is 0 Å². The number of hydrogen-bond acceptors (Lipinski definition) is 3. The molecule has 1 aromatic rings. The van der Waals surface area contributed by atoms with Crippen molar-refractivity contribution in [1.82, 2.24) is 4.98 Å². The van der Waals surface area contributed by atoms with Crippen LogP contribution >= 0.6 is 0 Å². The smallest absolute Gasteiger partial charge is 0.224 e. The van der Waals surface area contributed by atoms with Gasteiger partial charge < -0.3 is 10.2 Å². The summed E-state index contributed by atoms with van der Waals surface area (Å²) >= 11 is 0. The van der Waals surface area contributed by atoms with E-state index in [-0.39, 0.29) is 5.91 Å². The molecule has 0 saturated carbocycles. The van der Waals surface area contributed by atoms with E-state index in [1.165, 1.54) is 19.3 Å². The predicted octanol–water partition coefficient (Wildman–Crippen LogP) is 3.06.